The second kappa shape index (κ2) is 3.96. The Hall–Kier alpha value is -1.09. The van der Waals surface area contributed by atoms with E-state index in [0.717, 1.165) is 24.0 Å². The molecule has 0 spiro atoms. The van der Waals surface area contributed by atoms with Crippen LogP contribution in [-0.4, -0.2) is 16.2 Å². The topological polar surface area (TPSA) is 42.4 Å². The molecule has 0 amide bonds. The maximum absolute atomic E-state index is 8.91. The van der Waals surface area contributed by atoms with E-state index in [1.807, 2.05) is 13.0 Å². The average Bonchev–Trinajstić information content (AvgIpc) is 2.13. The molecule has 0 bridgehead atoms. The molecule has 1 aromatic heterocycles. The molecule has 1 saturated carbocycles. The number of rotatable bonds is 3. The summed E-state index contributed by atoms with van der Waals surface area (Å²) in [6, 6.07) is 1.92. The number of hydrogen-bond donors (Lipinski definition) is 1. The quantitative estimate of drug-likeness (QED) is 0.796. The van der Waals surface area contributed by atoms with Crippen LogP contribution in [0.15, 0.2) is 12.3 Å². The van der Waals surface area contributed by atoms with Crippen molar-refractivity contribution in [1.82, 2.24) is 4.98 Å². The summed E-state index contributed by atoms with van der Waals surface area (Å²) in [6.07, 6.45) is 5.58. The number of aromatic nitrogens is 1. The largest absolute Gasteiger partial charge is 0.474 e. The Morgan fingerprint density at radius 3 is 2.86 bits per heavy atom. The van der Waals surface area contributed by atoms with Gasteiger partial charge in [-0.05, 0) is 37.8 Å². The fraction of sp³-hybridized carbons (Fsp3) is 0.545. The van der Waals surface area contributed by atoms with Crippen molar-refractivity contribution in [2.75, 3.05) is 0 Å². The molecule has 1 N–H and O–H groups in total. The first-order chi connectivity index (χ1) is 6.79. The van der Waals surface area contributed by atoms with Gasteiger partial charge in [0.05, 0.1) is 6.61 Å². The first kappa shape index (κ1) is 9.46. The molecule has 14 heavy (non-hydrogen) atoms. The third kappa shape index (κ3) is 1.87. The van der Waals surface area contributed by atoms with Gasteiger partial charge in [-0.25, -0.2) is 4.98 Å². The van der Waals surface area contributed by atoms with Crippen molar-refractivity contribution in [2.45, 2.75) is 38.9 Å². The van der Waals surface area contributed by atoms with Crippen LogP contribution in [0.2, 0.25) is 0 Å². The molecular formula is C11H15NO2. The molecule has 1 aliphatic rings. The maximum atomic E-state index is 8.91. The Morgan fingerprint density at radius 2 is 2.36 bits per heavy atom. The molecule has 0 saturated heterocycles. The summed E-state index contributed by atoms with van der Waals surface area (Å²) in [5.74, 6) is 0.715. The van der Waals surface area contributed by atoms with Gasteiger partial charge in [-0.2, -0.15) is 0 Å². The van der Waals surface area contributed by atoms with Gasteiger partial charge in [0.15, 0.2) is 0 Å². The first-order valence-electron chi connectivity index (χ1n) is 5.02. The predicted molar refractivity (Wildman–Crippen MR) is 53.2 cm³/mol. The Morgan fingerprint density at radius 1 is 1.57 bits per heavy atom. The van der Waals surface area contributed by atoms with E-state index in [0.29, 0.717) is 12.0 Å². The first-order valence-corrected chi connectivity index (χ1v) is 5.02. The molecule has 1 fully saturated rings. The molecule has 0 radical (unpaired) electrons. The number of aliphatic hydroxyl groups is 1. The summed E-state index contributed by atoms with van der Waals surface area (Å²) in [5.41, 5.74) is 1.84. The minimum atomic E-state index is 0.0392. The smallest absolute Gasteiger partial charge is 0.216 e. The van der Waals surface area contributed by atoms with Crippen LogP contribution in [-0.2, 0) is 6.61 Å². The standard InChI is InChI=1S/C11H15NO2/c1-8-5-9(7-13)6-12-11(8)14-10-3-2-4-10/h5-6,10,13H,2-4,7H2,1H3. The fourth-order valence-corrected chi connectivity index (χ4v) is 1.48. The van der Waals surface area contributed by atoms with Crippen molar-refractivity contribution >= 4 is 0 Å². The molecule has 0 aromatic carbocycles. The Bertz CT molecular complexity index is 321. The SMILES string of the molecule is Cc1cc(CO)cnc1OC1CCC1. The lowest BCUT2D eigenvalue weighted by atomic mass is 9.96. The highest BCUT2D eigenvalue weighted by molar-refractivity contribution is 5.28. The van der Waals surface area contributed by atoms with Crippen LogP contribution in [0.25, 0.3) is 0 Å². The summed E-state index contributed by atoms with van der Waals surface area (Å²) in [4.78, 5) is 4.19. The zero-order valence-electron chi connectivity index (χ0n) is 8.36. The fourth-order valence-electron chi connectivity index (χ4n) is 1.48. The van der Waals surface area contributed by atoms with E-state index in [2.05, 4.69) is 4.98 Å². The van der Waals surface area contributed by atoms with E-state index in [4.69, 9.17) is 9.84 Å². The van der Waals surface area contributed by atoms with Crippen LogP contribution in [0.4, 0.5) is 0 Å². The van der Waals surface area contributed by atoms with Crippen molar-refractivity contribution in [1.29, 1.82) is 0 Å². The van der Waals surface area contributed by atoms with Crippen LogP contribution < -0.4 is 4.74 Å². The molecule has 1 heterocycles. The van der Waals surface area contributed by atoms with Gasteiger partial charge in [0.2, 0.25) is 5.88 Å². The number of pyridine rings is 1. The molecule has 2 rings (SSSR count). The van der Waals surface area contributed by atoms with Crippen LogP contribution in [0.3, 0.4) is 0 Å². The van der Waals surface area contributed by atoms with Gasteiger partial charge in [0.25, 0.3) is 0 Å². The normalized spacial score (nSPS) is 16.4. The van der Waals surface area contributed by atoms with Gasteiger partial charge in [-0.1, -0.05) is 0 Å². The molecule has 1 aliphatic carbocycles. The van der Waals surface area contributed by atoms with E-state index < -0.39 is 0 Å². The van der Waals surface area contributed by atoms with Gasteiger partial charge in [0.1, 0.15) is 6.10 Å². The Kier molecular flexibility index (Phi) is 2.68. The lowest BCUT2D eigenvalue weighted by Gasteiger charge is -2.26. The van der Waals surface area contributed by atoms with Gasteiger partial charge >= 0.3 is 0 Å². The Labute approximate surface area is 83.7 Å². The highest BCUT2D eigenvalue weighted by Crippen LogP contribution is 2.25. The lowest BCUT2D eigenvalue weighted by Crippen LogP contribution is -2.25. The maximum Gasteiger partial charge on any atom is 0.216 e. The summed E-state index contributed by atoms with van der Waals surface area (Å²) >= 11 is 0. The summed E-state index contributed by atoms with van der Waals surface area (Å²) < 4.78 is 5.69. The highest BCUT2D eigenvalue weighted by Gasteiger charge is 2.20. The third-order valence-corrected chi connectivity index (χ3v) is 2.60. The molecule has 0 aliphatic heterocycles. The summed E-state index contributed by atoms with van der Waals surface area (Å²) in [6.45, 7) is 2.00. The third-order valence-electron chi connectivity index (χ3n) is 2.60. The van der Waals surface area contributed by atoms with Crippen molar-refractivity contribution in [3.05, 3.63) is 23.4 Å². The molecule has 0 unspecified atom stereocenters. The molecular weight excluding hydrogens is 178 g/mol. The van der Waals surface area contributed by atoms with Crippen molar-refractivity contribution in [2.24, 2.45) is 0 Å². The van der Waals surface area contributed by atoms with E-state index in [9.17, 15) is 0 Å². The van der Waals surface area contributed by atoms with Crippen molar-refractivity contribution in [3.8, 4) is 5.88 Å². The van der Waals surface area contributed by atoms with Gasteiger partial charge in [-0.3, -0.25) is 0 Å². The number of aryl methyl sites for hydroxylation is 1. The van der Waals surface area contributed by atoms with Gasteiger partial charge in [0, 0.05) is 11.8 Å². The molecule has 0 atom stereocenters. The molecule has 1 aromatic rings. The zero-order chi connectivity index (χ0) is 9.97. The minimum absolute atomic E-state index is 0.0392. The van der Waals surface area contributed by atoms with E-state index >= 15 is 0 Å². The molecule has 76 valence electrons. The Balaban J connectivity index is 2.09. The summed E-state index contributed by atoms with van der Waals surface area (Å²) in [5, 5.41) is 8.91. The van der Waals surface area contributed by atoms with Crippen molar-refractivity contribution in [3.63, 3.8) is 0 Å². The van der Waals surface area contributed by atoms with Crippen LogP contribution in [0.1, 0.15) is 30.4 Å². The van der Waals surface area contributed by atoms with Gasteiger partial charge in [-0.15, -0.1) is 0 Å². The molecule has 3 nitrogen and oxygen atoms in total. The predicted octanol–water partition coefficient (Wildman–Crippen LogP) is 1.81. The second-order valence-electron chi connectivity index (χ2n) is 3.79. The number of aliphatic hydroxyl groups excluding tert-OH is 1. The second-order valence-corrected chi connectivity index (χ2v) is 3.79. The van der Waals surface area contributed by atoms with Gasteiger partial charge < -0.3 is 9.84 Å². The van der Waals surface area contributed by atoms with Crippen LogP contribution in [0, 0.1) is 6.92 Å². The average molecular weight is 193 g/mol. The molecule has 3 heteroatoms. The summed E-state index contributed by atoms with van der Waals surface area (Å²) in [7, 11) is 0. The lowest BCUT2D eigenvalue weighted by molar-refractivity contribution is 0.113. The monoisotopic (exact) mass is 193 g/mol. The highest BCUT2D eigenvalue weighted by atomic mass is 16.5. The number of ether oxygens (including phenoxy) is 1. The van der Waals surface area contributed by atoms with E-state index in [1.165, 1.54) is 6.42 Å². The minimum Gasteiger partial charge on any atom is -0.474 e. The zero-order valence-corrected chi connectivity index (χ0v) is 8.36. The number of nitrogens with zero attached hydrogens (tertiary/aromatic N) is 1. The van der Waals surface area contributed by atoms with E-state index in [1.54, 1.807) is 6.20 Å². The van der Waals surface area contributed by atoms with Crippen LogP contribution in [0.5, 0.6) is 5.88 Å². The van der Waals surface area contributed by atoms with E-state index in [-0.39, 0.29) is 6.61 Å². The van der Waals surface area contributed by atoms with Crippen LogP contribution >= 0.6 is 0 Å². The van der Waals surface area contributed by atoms with Crippen molar-refractivity contribution < 1.29 is 9.84 Å². The number of hydrogen-bond acceptors (Lipinski definition) is 3.